The van der Waals surface area contributed by atoms with E-state index in [0.717, 1.165) is 4.70 Å². The van der Waals surface area contributed by atoms with Crippen LogP contribution < -0.4 is 14.8 Å². The summed E-state index contributed by atoms with van der Waals surface area (Å²) >= 11 is 1.33. The third-order valence-corrected chi connectivity index (χ3v) is 7.94. The smallest absolute Gasteiger partial charge is 0.257 e. The van der Waals surface area contributed by atoms with Gasteiger partial charge in [0.25, 0.3) is 5.91 Å². The Morgan fingerprint density at radius 2 is 1.62 bits per heavy atom. The fraction of sp³-hybridized carbons (Fsp3) is 0.417. The minimum absolute atomic E-state index is 0.177. The number of nitrogens with zero attached hydrogens (tertiary/aromatic N) is 2. The van der Waals surface area contributed by atoms with Gasteiger partial charge in [0.2, 0.25) is 10.0 Å². The van der Waals surface area contributed by atoms with Crippen LogP contribution in [0.4, 0.5) is 5.13 Å². The lowest BCUT2D eigenvalue weighted by Gasteiger charge is -2.25. The van der Waals surface area contributed by atoms with Crippen molar-refractivity contribution >= 4 is 42.6 Å². The molecule has 10 heteroatoms. The monoisotopic (exact) mass is 503 g/mol. The van der Waals surface area contributed by atoms with Crippen molar-refractivity contribution in [2.24, 2.45) is 11.8 Å². The van der Waals surface area contributed by atoms with Crippen LogP contribution >= 0.6 is 11.3 Å². The molecule has 0 bridgehead atoms. The average Bonchev–Trinajstić information content (AvgIpc) is 3.17. The zero-order valence-electron chi connectivity index (χ0n) is 19.7. The third-order valence-electron chi connectivity index (χ3n) is 5.16. The molecule has 2 heterocycles. The number of sulfonamides is 1. The van der Waals surface area contributed by atoms with E-state index in [0.29, 0.717) is 54.0 Å². The fourth-order valence-electron chi connectivity index (χ4n) is 3.70. The Labute approximate surface area is 203 Å². The van der Waals surface area contributed by atoms with Gasteiger partial charge in [-0.15, -0.1) is 0 Å². The van der Waals surface area contributed by atoms with E-state index in [1.54, 1.807) is 6.07 Å². The Morgan fingerprint density at radius 3 is 2.21 bits per heavy atom. The van der Waals surface area contributed by atoms with Crippen LogP contribution in [0.25, 0.3) is 10.2 Å². The molecule has 3 aromatic rings. The number of rotatable bonds is 8. The Hall–Kier alpha value is -2.69. The number of aromatic nitrogens is 1. The first kappa shape index (κ1) is 24.4. The second-order valence-corrected chi connectivity index (χ2v) is 12.0. The van der Waals surface area contributed by atoms with Crippen LogP contribution in [0, 0.1) is 11.8 Å². The Bertz CT molecular complexity index is 1230. The van der Waals surface area contributed by atoms with Crippen molar-refractivity contribution in [2.45, 2.75) is 32.6 Å². The molecular formula is C24H29N3O5S2. The molecule has 0 fully saturated rings. The molecule has 0 spiro atoms. The summed E-state index contributed by atoms with van der Waals surface area (Å²) in [4.78, 5) is 17.4. The molecule has 1 amide bonds. The minimum atomic E-state index is -3.65. The van der Waals surface area contributed by atoms with Crippen molar-refractivity contribution in [3.05, 3.63) is 42.0 Å². The Kier molecular flexibility index (Phi) is 7.11. The zero-order valence-corrected chi connectivity index (χ0v) is 21.3. The van der Waals surface area contributed by atoms with Gasteiger partial charge in [0.1, 0.15) is 13.2 Å². The highest BCUT2D eigenvalue weighted by Gasteiger charge is 2.26. The van der Waals surface area contributed by atoms with Crippen LogP contribution in [-0.2, 0) is 10.0 Å². The van der Waals surface area contributed by atoms with E-state index in [9.17, 15) is 13.2 Å². The molecule has 1 aliphatic rings. The SMILES string of the molecule is CC(C)CN(CC(C)C)S(=O)(=O)c1ccc(C(=O)Nc2nc3cc4c(cc3s2)OCCO4)cc1. The van der Waals surface area contributed by atoms with E-state index >= 15 is 0 Å². The predicted octanol–water partition coefficient (Wildman–Crippen LogP) is 4.62. The maximum atomic E-state index is 13.2. The van der Waals surface area contributed by atoms with Gasteiger partial charge in [-0.3, -0.25) is 10.1 Å². The molecule has 2 aromatic carbocycles. The lowest BCUT2D eigenvalue weighted by Crippen LogP contribution is -2.37. The number of nitrogens with one attached hydrogen (secondary N) is 1. The van der Waals surface area contributed by atoms with E-state index in [2.05, 4.69) is 10.3 Å². The third kappa shape index (κ3) is 5.34. The van der Waals surface area contributed by atoms with Gasteiger partial charge in [0.15, 0.2) is 16.6 Å². The molecule has 34 heavy (non-hydrogen) atoms. The maximum absolute atomic E-state index is 13.2. The number of ether oxygens (including phenoxy) is 2. The first-order valence-corrected chi connectivity index (χ1v) is 13.5. The normalized spacial score (nSPS) is 13.7. The van der Waals surface area contributed by atoms with Gasteiger partial charge in [-0.2, -0.15) is 4.31 Å². The average molecular weight is 504 g/mol. The molecule has 4 rings (SSSR count). The first-order valence-electron chi connectivity index (χ1n) is 11.2. The van der Waals surface area contributed by atoms with Crippen molar-refractivity contribution in [1.82, 2.24) is 9.29 Å². The predicted molar refractivity (Wildman–Crippen MR) is 133 cm³/mol. The summed E-state index contributed by atoms with van der Waals surface area (Å²) in [7, 11) is -3.65. The summed E-state index contributed by atoms with van der Waals surface area (Å²) in [6.07, 6.45) is 0. The number of hydrogen-bond donors (Lipinski definition) is 1. The van der Waals surface area contributed by atoms with Gasteiger partial charge < -0.3 is 9.47 Å². The van der Waals surface area contributed by atoms with Gasteiger partial charge in [-0.1, -0.05) is 39.0 Å². The largest absolute Gasteiger partial charge is 0.486 e. The molecule has 1 aromatic heterocycles. The minimum Gasteiger partial charge on any atom is -0.486 e. The molecule has 0 atom stereocenters. The van der Waals surface area contributed by atoms with Crippen molar-refractivity contribution in [2.75, 3.05) is 31.6 Å². The van der Waals surface area contributed by atoms with E-state index in [1.807, 2.05) is 33.8 Å². The zero-order chi connectivity index (χ0) is 24.5. The summed E-state index contributed by atoms with van der Waals surface area (Å²) in [5.74, 6) is 1.36. The van der Waals surface area contributed by atoms with Gasteiger partial charge in [-0.05, 0) is 36.1 Å². The van der Waals surface area contributed by atoms with Crippen LogP contribution in [0.5, 0.6) is 11.5 Å². The lowest BCUT2D eigenvalue weighted by molar-refractivity contribution is 0.102. The van der Waals surface area contributed by atoms with Crippen LogP contribution in [0.2, 0.25) is 0 Å². The summed E-state index contributed by atoms with van der Waals surface area (Å²) in [6.45, 7) is 9.85. The molecule has 0 saturated heterocycles. The molecule has 0 saturated carbocycles. The number of carbonyl (C=O) groups excluding carboxylic acids is 1. The van der Waals surface area contributed by atoms with Gasteiger partial charge >= 0.3 is 0 Å². The summed E-state index contributed by atoms with van der Waals surface area (Å²) in [5, 5.41) is 3.24. The molecule has 0 aliphatic carbocycles. The Morgan fingerprint density at radius 1 is 1.03 bits per heavy atom. The summed E-state index contributed by atoms with van der Waals surface area (Å²) in [5.41, 5.74) is 1.06. The number of hydrogen-bond acceptors (Lipinski definition) is 7. The topological polar surface area (TPSA) is 97.8 Å². The van der Waals surface area contributed by atoms with Crippen LogP contribution in [0.1, 0.15) is 38.1 Å². The van der Waals surface area contributed by atoms with Gasteiger partial charge in [0, 0.05) is 30.8 Å². The molecule has 0 radical (unpaired) electrons. The molecule has 182 valence electrons. The molecular weight excluding hydrogens is 474 g/mol. The molecule has 1 aliphatic heterocycles. The number of benzene rings is 2. The van der Waals surface area contributed by atoms with Crippen LogP contribution in [0.15, 0.2) is 41.3 Å². The summed E-state index contributed by atoms with van der Waals surface area (Å²) in [6, 6.07) is 9.68. The second kappa shape index (κ2) is 9.89. The quantitative estimate of drug-likeness (QED) is 0.482. The van der Waals surface area contributed by atoms with Crippen molar-refractivity contribution < 1.29 is 22.7 Å². The van der Waals surface area contributed by atoms with Crippen molar-refractivity contribution in [1.29, 1.82) is 0 Å². The maximum Gasteiger partial charge on any atom is 0.257 e. The standard InChI is InChI=1S/C24H29N3O5S2/c1-15(2)13-27(14-16(3)4)34(29,30)18-7-5-17(6-8-18)23(28)26-24-25-19-11-20-21(12-22(19)33-24)32-10-9-31-20/h5-8,11-12,15-16H,9-10,13-14H2,1-4H3,(H,25,26,28). The second-order valence-electron chi connectivity index (χ2n) is 9.07. The number of carbonyl (C=O) groups is 1. The Balaban J connectivity index is 1.50. The van der Waals surface area contributed by atoms with Gasteiger partial charge in [-0.25, -0.2) is 13.4 Å². The lowest BCUT2D eigenvalue weighted by atomic mass is 10.2. The van der Waals surface area contributed by atoms with E-state index in [1.165, 1.54) is 39.9 Å². The number of anilines is 1. The molecule has 0 unspecified atom stereocenters. The number of amides is 1. The molecule has 1 N–H and O–H groups in total. The molecule has 8 nitrogen and oxygen atoms in total. The highest BCUT2D eigenvalue weighted by atomic mass is 32.2. The highest BCUT2D eigenvalue weighted by Crippen LogP contribution is 2.38. The van der Waals surface area contributed by atoms with Gasteiger partial charge in [0.05, 0.1) is 15.1 Å². The van der Waals surface area contributed by atoms with E-state index < -0.39 is 10.0 Å². The van der Waals surface area contributed by atoms with Crippen molar-refractivity contribution in [3.63, 3.8) is 0 Å². The highest BCUT2D eigenvalue weighted by molar-refractivity contribution is 7.89. The number of thiazole rings is 1. The first-order chi connectivity index (χ1) is 16.1. The van der Waals surface area contributed by atoms with E-state index in [-0.39, 0.29) is 22.6 Å². The number of fused-ring (bicyclic) bond motifs is 2. The van der Waals surface area contributed by atoms with Crippen LogP contribution in [0.3, 0.4) is 0 Å². The van der Waals surface area contributed by atoms with E-state index in [4.69, 9.17) is 9.47 Å². The van der Waals surface area contributed by atoms with Crippen molar-refractivity contribution in [3.8, 4) is 11.5 Å². The van der Waals surface area contributed by atoms with Crippen LogP contribution in [-0.4, -0.2) is 49.9 Å². The summed E-state index contributed by atoms with van der Waals surface area (Å²) < 4.78 is 39.9. The fourth-order valence-corrected chi connectivity index (χ4v) is 6.34.